The zero-order chi connectivity index (χ0) is 17.5. The highest BCUT2D eigenvalue weighted by atomic mass is 16.3. The molecule has 1 aromatic rings. The van der Waals surface area contributed by atoms with Gasteiger partial charge in [0.2, 0.25) is 0 Å². The molecule has 24 heavy (non-hydrogen) atoms. The number of aliphatic hydroxyl groups excluding tert-OH is 1. The van der Waals surface area contributed by atoms with Crippen molar-refractivity contribution in [2.75, 3.05) is 20.7 Å². The Hall–Kier alpha value is -1.88. The number of aliphatic hydroxyl groups is 1. The molecule has 5 nitrogen and oxygen atoms in total. The van der Waals surface area contributed by atoms with Crippen molar-refractivity contribution in [1.82, 2.24) is 10.2 Å². The van der Waals surface area contributed by atoms with E-state index in [0.717, 1.165) is 12.8 Å². The number of carbonyl (C=O) groups is 2. The van der Waals surface area contributed by atoms with Gasteiger partial charge >= 0.3 is 0 Å². The van der Waals surface area contributed by atoms with Crippen LogP contribution in [0.2, 0.25) is 0 Å². The molecule has 5 heteroatoms. The number of benzene rings is 1. The molecular weight excluding hydrogens is 304 g/mol. The topological polar surface area (TPSA) is 69.6 Å². The molecule has 1 fully saturated rings. The van der Waals surface area contributed by atoms with Crippen molar-refractivity contribution < 1.29 is 14.7 Å². The van der Waals surface area contributed by atoms with Crippen molar-refractivity contribution in [3.63, 3.8) is 0 Å². The summed E-state index contributed by atoms with van der Waals surface area (Å²) in [4.78, 5) is 26.1. The maximum Gasteiger partial charge on any atom is 0.253 e. The molecule has 2 amide bonds. The van der Waals surface area contributed by atoms with Crippen LogP contribution in [0.4, 0.5) is 0 Å². The molecule has 1 aliphatic carbocycles. The van der Waals surface area contributed by atoms with E-state index < -0.39 is 0 Å². The molecule has 0 heterocycles. The van der Waals surface area contributed by atoms with E-state index in [9.17, 15) is 14.7 Å². The van der Waals surface area contributed by atoms with E-state index in [1.165, 1.54) is 24.2 Å². The molecule has 1 unspecified atom stereocenters. The summed E-state index contributed by atoms with van der Waals surface area (Å²) >= 11 is 0. The van der Waals surface area contributed by atoms with Gasteiger partial charge in [-0.1, -0.05) is 25.3 Å². The minimum Gasteiger partial charge on any atom is -0.396 e. The average molecular weight is 332 g/mol. The van der Waals surface area contributed by atoms with Crippen LogP contribution in [0, 0.1) is 5.92 Å². The minimum absolute atomic E-state index is 0.00370. The van der Waals surface area contributed by atoms with Crippen LogP contribution in [0.3, 0.4) is 0 Å². The summed E-state index contributed by atoms with van der Waals surface area (Å²) in [5.74, 6) is 0.137. The van der Waals surface area contributed by atoms with E-state index in [1.807, 2.05) is 0 Å². The molecular formula is C19H28N2O3. The quantitative estimate of drug-likeness (QED) is 0.841. The van der Waals surface area contributed by atoms with Gasteiger partial charge in [-0.25, -0.2) is 0 Å². The summed E-state index contributed by atoms with van der Waals surface area (Å²) in [6, 6.07) is 6.79. The summed E-state index contributed by atoms with van der Waals surface area (Å²) in [5, 5.41) is 12.4. The first-order valence-corrected chi connectivity index (χ1v) is 8.76. The van der Waals surface area contributed by atoms with Crippen LogP contribution >= 0.6 is 0 Å². The molecule has 0 saturated heterocycles. The van der Waals surface area contributed by atoms with Gasteiger partial charge in [-0.2, -0.15) is 0 Å². The van der Waals surface area contributed by atoms with E-state index >= 15 is 0 Å². The first kappa shape index (κ1) is 18.5. The van der Waals surface area contributed by atoms with Crippen molar-refractivity contribution in [2.45, 2.75) is 44.6 Å². The van der Waals surface area contributed by atoms with Crippen LogP contribution in [-0.2, 0) is 0 Å². The summed E-state index contributed by atoms with van der Waals surface area (Å²) in [7, 11) is 3.38. The Labute approximate surface area is 144 Å². The molecule has 0 aromatic heterocycles. The monoisotopic (exact) mass is 332 g/mol. The molecule has 0 aliphatic heterocycles. The maximum atomic E-state index is 12.6. The molecule has 0 radical (unpaired) electrons. The lowest BCUT2D eigenvalue weighted by Gasteiger charge is -2.30. The third-order valence-corrected chi connectivity index (χ3v) is 4.75. The van der Waals surface area contributed by atoms with Gasteiger partial charge in [0.1, 0.15) is 0 Å². The second-order valence-electron chi connectivity index (χ2n) is 6.77. The van der Waals surface area contributed by atoms with Crippen molar-refractivity contribution in [2.24, 2.45) is 5.92 Å². The number of hydrogen-bond donors (Lipinski definition) is 2. The zero-order valence-electron chi connectivity index (χ0n) is 14.6. The van der Waals surface area contributed by atoms with E-state index in [1.54, 1.807) is 38.4 Å². The first-order valence-electron chi connectivity index (χ1n) is 8.76. The van der Waals surface area contributed by atoms with E-state index in [2.05, 4.69) is 5.32 Å². The molecule has 0 spiro atoms. The molecule has 2 N–H and O–H groups in total. The van der Waals surface area contributed by atoms with Gasteiger partial charge in [0.25, 0.3) is 11.8 Å². The van der Waals surface area contributed by atoms with Gasteiger partial charge in [-0.3, -0.25) is 9.59 Å². The van der Waals surface area contributed by atoms with Gasteiger partial charge in [0.15, 0.2) is 0 Å². The Bertz CT molecular complexity index is 565. The highest BCUT2D eigenvalue weighted by molar-refractivity contribution is 5.99. The molecule has 1 aromatic carbocycles. The molecule has 1 atom stereocenters. The number of carbonyl (C=O) groups excluding carboxylic acids is 2. The summed E-state index contributed by atoms with van der Waals surface area (Å²) in [6.45, 7) is 0.0700. The second kappa shape index (κ2) is 8.83. The third kappa shape index (κ3) is 4.81. The van der Waals surface area contributed by atoms with Gasteiger partial charge in [0.05, 0.1) is 0 Å². The summed E-state index contributed by atoms with van der Waals surface area (Å²) < 4.78 is 0. The standard InChI is InChI=1S/C19H28N2O3/c1-21(2)19(24)16-10-6-9-15(13-16)18(23)20-17(11-12-22)14-7-4-3-5-8-14/h6,9-10,13-14,17,22H,3-5,7-8,11-12H2,1-2H3,(H,20,23). The second-order valence-corrected chi connectivity index (χ2v) is 6.77. The molecule has 132 valence electrons. The fourth-order valence-electron chi connectivity index (χ4n) is 3.40. The first-order chi connectivity index (χ1) is 11.5. The Balaban J connectivity index is 2.09. The summed E-state index contributed by atoms with van der Waals surface area (Å²) in [6.07, 6.45) is 6.41. The zero-order valence-corrected chi connectivity index (χ0v) is 14.6. The fourth-order valence-corrected chi connectivity index (χ4v) is 3.40. The van der Waals surface area contributed by atoms with E-state index in [-0.39, 0.29) is 24.5 Å². The number of nitrogens with one attached hydrogen (secondary N) is 1. The van der Waals surface area contributed by atoms with Crippen LogP contribution in [0.15, 0.2) is 24.3 Å². The Morgan fingerprint density at radius 1 is 1.21 bits per heavy atom. The van der Waals surface area contributed by atoms with Gasteiger partial charge in [0, 0.05) is 37.9 Å². The highest BCUT2D eigenvalue weighted by Gasteiger charge is 2.25. The third-order valence-electron chi connectivity index (χ3n) is 4.75. The van der Waals surface area contributed by atoms with Crippen LogP contribution in [0.1, 0.15) is 59.2 Å². The van der Waals surface area contributed by atoms with Crippen molar-refractivity contribution in [1.29, 1.82) is 0 Å². The number of nitrogens with zero attached hydrogens (tertiary/aromatic N) is 1. The lowest BCUT2D eigenvalue weighted by Crippen LogP contribution is -2.41. The Kier molecular flexibility index (Phi) is 6.79. The predicted molar refractivity (Wildman–Crippen MR) is 94.0 cm³/mol. The molecule has 1 saturated carbocycles. The number of amides is 2. The lowest BCUT2D eigenvalue weighted by molar-refractivity contribution is 0.0827. The van der Waals surface area contributed by atoms with E-state index in [4.69, 9.17) is 0 Å². The maximum absolute atomic E-state index is 12.6. The average Bonchev–Trinajstić information content (AvgIpc) is 2.61. The van der Waals surface area contributed by atoms with Crippen LogP contribution < -0.4 is 5.32 Å². The smallest absolute Gasteiger partial charge is 0.253 e. The number of hydrogen-bond acceptors (Lipinski definition) is 3. The fraction of sp³-hybridized carbons (Fsp3) is 0.579. The minimum atomic E-state index is -0.174. The normalized spacial score (nSPS) is 16.5. The van der Waals surface area contributed by atoms with Gasteiger partial charge < -0.3 is 15.3 Å². The van der Waals surface area contributed by atoms with Crippen LogP contribution in [0.5, 0.6) is 0 Å². The van der Waals surface area contributed by atoms with Crippen molar-refractivity contribution in [3.8, 4) is 0 Å². The van der Waals surface area contributed by atoms with Gasteiger partial charge in [-0.05, 0) is 43.4 Å². The van der Waals surface area contributed by atoms with Crippen molar-refractivity contribution >= 4 is 11.8 Å². The molecule has 0 bridgehead atoms. The van der Waals surface area contributed by atoms with Crippen molar-refractivity contribution in [3.05, 3.63) is 35.4 Å². The molecule has 2 rings (SSSR count). The SMILES string of the molecule is CN(C)C(=O)c1cccc(C(=O)NC(CCO)C2CCCCC2)c1. The summed E-state index contributed by atoms with van der Waals surface area (Å²) in [5.41, 5.74) is 0.991. The van der Waals surface area contributed by atoms with Gasteiger partial charge in [-0.15, -0.1) is 0 Å². The Morgan fingerprint density at radius 2 is 1.88 bits per heavy atom. The van der Waals surface area contributed by atoms with Crippen LogP contribution in [0.25, 0.3) is 0 Å². The van der Waals surface area contributed by atoms with Crippen LogP contribution in [-0.4, -0.2) is 48.6 Å². The van der Waals surface area contributed by atoms with E-state index in [0.29, 0.717) is 23.5 Å². The highest BCUT2D eigenvalue weighted by Crippen LogP contribution is 2.28. The largest absolute Gasteiger partial charge is 0.396 e. The number of rotatable bonds is 6. The lowest BCUT2D eigenvalue weighted by atomic mass is 9.82. The Morgan fingerprint density at radius 3 is 2.50 bits per heavy atom. The predicted octanol–water partition coefficient (Wildman–Crippen LogP) is 2.45. The molecule has 1 aliphatic rings.